The van der Waals surface area contributed by atoms with Crippen LogP contribution in [-0.2, 0) is 14.3 Å². The summed E-state index contributed by atoms with van der Waals surface area (Å²) in [5.74, 6) is -1.00. The summed E-state index contributed by atoms with van der Waals surface area (Å²) < 4.78 is 9.76. The fourth-order valence-electron chi connectivity index (χ4n) is 1.41. The fourth-order valence-corrected chi connectivity index (χ4v) is 1.41. The number of nitrogen functional groups attached to an aromatic ring is 1. The van der Waals surface area contributed by atoms with E-state index in [0.717, 1.165) is 5.56 Å². The van der Waals surface area contributed by atoms with Gasteiger partial charge in [0.05, 0.1) is 5.56 Å². The molecule has 0 amide bonds. The summed E-state index contributed by atoms with van der Waals surface area (Å²) in [7, 11) is 0. The molecule has 0 saturated carbocycles. The Hall–Kier alpha value is -2.30. The first-order valence-electron chi connectivity index (χ1n) is 5.77. The molecular formula is C14H17NO4. The maximum absolute atomic E-state index is 11.7. The Bertz CT molecular complexity index is 488. The Morgan fingerprint density at radius 3 is 2.42 bits per heavy atom. The zero-order chi connectivity index (χ0) is 14.4. The number of hydrogen-bond acceptors (Lipinski definition) is 5. The van der Waals surface area contributed by atoms with Crippen molar-refractivity contribution < 1.29 is 19.1 Å². The van der Waals surface area contributed by atoms with Crippen LogP contribution in [0.1, 0.15) is 22.8 Å². The van der Waals surface area contributed by atoms with Gasteiger partial charge in [0, 0.05) is 11.3 Å². The van der Waals surface area contributed by atoms with Crippen molar-refractivity contribution in [2.75, 3.05) is 18.9 Å². The van der Waals surface area contributed by atoms with Gasteiger partial charge in [-0.2, -0.15) is 0 Å². The molecule has 0 aliphatic rings. The highest BCUT2D eigenvalue weighted by Gasteiger charge is 2.09. The van der Waals surface area contributed by atoms with Crippen LogP contribution in [0.5, 0.6) is 0 Å². The van der Waals surface area contributed by atoms with E-state index < -0.39 is 11.9 Å². The minimum Gasteiger partial charge on any atom is -0.459 e. The molecular weight excluding hydrogens is 246 g/mol. The molecule has 0 bridgehead atoms. The third kappa shape index (κ3) is 4.83. The van der Waals surface area contributed by atoms with Crippen LogP contribution >= 0.6 is 0 Å². The van der Waals surface area contributed by atoms with Gasteiger partial charge < -0.3 is 15.2 Å². The molecule has 1 aromatic carbocycles. The molecule has 5 heteroatoms. The lowest BCUT2D eigenvalue weighted by atomic mass is 10.1. The normalized spacial score (nSPS) is 9.79. The second-order valence-corrected chi connectivity index (χ2v) is 4.18. The van der Waals surface area contributed by atoms with Crippen molar-refractivity contribution in [1.29, 1.82) is 0 Å². The smallest absolute Gasteiger partial charge is 0.338 e. The average Bonchev–Trinajstić information content (AvgIpc) is 2.32. The highest BCUT2D eigenvalue weighted by Crippen LogP contribution is 2.12. The Morgan fingerprint density at radius 1 is 1.21 bits per heavy atom. The van der Waals surface area contributed by atoms with E-state index in [2.05, 4.69) is 6.58 Å². The van der Waals surface area contributed by atoms with E-state index in [1.807, 2.05) is 6.92 Å². The quantitative estimate of drug-likeness (QED) is 0.379. The Balaban J connectivity index is 2.43. The monoisotopic (exact) mass is 263 g/mol. The lowest BCUT2D eigenvalue weighted by Gasteiger charge is -2.07. The van der Waals surface area contributed by atoms with E-state index in [0.29, 0.717) is 16.8 Å². The Labute approximate surface area is 112 Å². The molecule has 5 nitrogen and oxygen atoms in total. The fraction of sp³-hybridized carbons (Fsp3) is 0.286. The molecule has 2 N–H and O–H groups in total. The molecule has 0 fully saturated rings. The zero-order valence-electron chi connectivity index (χ0n) is 11.1. The van der Waals surface area contributed by atoms with Crippen molar-refractivity contribution in [2.45, 2.75) is 13.8 Å². The maximum atomic E-state index is 11.7. The summed E-state index contributed by atoms with van der Waals surface area (Å²) in [4.78, 5) is 22.8. The highest BCUT2D eigenvalue weighted by molar-refractivity contribution is 5.90. The molecule has 0 spiro atoms. The third-order valence-corrected chi connectivity index (χ3v) is 2.23. The lowest BCUT2D eigenvalue weighted by molar-refractivity contribution is -0.140. The predicted octanol–water partition coefficient (Wildman–Crippen LogP) is 1.85. The number of carbonyl (C=O) groups is 2. The van der Waals surface area contributed by atoms with Gasteiger partial charge in [0.1, 0.15) is 13.2 Å². The van der Waals surface area contributed by atoms with E-state index in [-0.39, 0.29) is 13.2 Å². The van der Waals surface area contributed by atoms with Gasteiger partial charge in [0.2, 0.25) is 0 Å². The van der Waals surface area contributed by atoms with E-state index in [4.69, 9.17) is 15.2 Å². The van der Waals surface area contributed by atoms with Crippen molar-refractivity contribution in [3.63, 3.8) is 0 Å². The van der Waals surface area contributed by atoms with Crippen LogP contribution in [0.2, 0.25) is 0 Å². The maximum Gasteiger partial charge on any atom is 0.338 e. The van der Waals surface area contributed by atoms with Crippen LogP contribution < -0.4 is 5.73 Å². The first kappa shape index (κ1) is 14.8. The number of benzene rings is 1. The SMILES string of the molecule is C=C(C)C(=O)OCCOC(=O)c1cc(C)cc(N)c1. The summed E-state index contributed by atoms with van der Waals surface area (Å²) in [6.45, 7) is 6.81. The van der Waals surface area contributed by atoms with E-state index >= 15 is 0 Å². The highest BCUT2D eigenvalue weighted by atomic mass is 16.6. The van der Waals surface area contributed by atoms with Gasteiger partial charge in [-0.3, -0.25) is 0 Å². The molecule has 102 valence electrons. The van der Waals surface area contributed by atoms with E-state index in [1.54, 1.807) is 19.1 Å². The molecule has 0 unspecified atom stereocenters. The first-order chi connectivity index (χ1) is 8.90. The molecule has 0 atom stereocenters. The van der Waals surface area contributed by atoms with Crippen molar-refractivity contribution in [3.05, 3.63) is 41.5 Å². The van der Waals surface area contributed by atoms with Crippen LogP contribution in [0, 0.1) is 6.92 Å². The molecule has 0 aliphatic heterocycles. The number of anilines is 1. The molecule has 19 heavy (non-hydrogen) atoms. The van der Waals surface area contributed by atoms with Gasteiger partial charge in [-0.05, 0) is 37.6 Å². The molecule has 1 aromatic rings. The van der Waals surface area contributed by atoms with Crippen LogP contribution in [0.4, 0.5) is 5.69 Å². The van der Waals surface area contributed by atoms with E-state index in [9.17, 15) is 9.59 Å². The molecule has 0 radical (unpaired) electrons. The number of hydrogen-bond donors (Lipinski definition) is 1. The summed E-state index contributed by atoms with van der Waals surface area (Å²) in [6.07, 6.45) is 0. The largest absolute Gasteiger partial charge is 0.459 e. The average molecular weight is 263 g/mol. The van der Waals surface area contributed by atoms with Crippen molar-refractivity contribution >= 4 is 17.6 Å². The minimum atomic E-state index is -0.504. The van der Waals surface area contributed by atoms with Gasteiger partial charge in [0.15, 0.2) is 0 Å². The second kappa shape index (κ2) is 6.58. The summed E-state index contributed by atoms with van der Waals surface area (Å²) in [5, 5.41) is 0. The summed E-state index contributed by atoms with van der Waals surface area (Å²) in [6, 6.07) is 4.97. The minimum absolute atomic E-state index is 0.00126. The predicted molar refractivity (Wildman–Crippen MR) is 71.6 cm³/mol. The van der Waals surface area contributed by atoms with Gasteiger partial charge >= 0.3 is 11.9 Å². The standard InChI is InChI=1S/C14H17NO4/c1-9(2)13(16)18-4-5-19-14(17)11-6-10(3)7-12(15)8-11/h6-8H,1,4-5,15H2,2-3H3. The molecule has 0 aromatic heterocycles. The van der Waals surface area contributed by atoms with Gasteiger partial charge in [-0.25, -0.2) is 9.59 Å². The van der Waals surface area contributed by atoms with Crippen LogP contribution in [-0.4, -0.2) is 25.2 Å². The summed E-state index contributed by atoms with van der Waals surface area (Å²) in [5.41, 5.74) is 7.70. The third-order valence-electron chi connectivity index (χ3n) is 2.23. The Kier molecular flexibility index (Phi) is 5.11. The first-order valence-corrected chi connectivity index (χ1v) is 5.77. The van der Waals surface area contributed by atoms with Crippen molar-refractivity contribution in [1.82, 2.24) is 0 Å². The topological polar surface area (TPSA) is 78.6 Å². The molecule has 1 rings (SSSR count). The van der Waals surface area contributed by atoms with Crippen molar-refractivity contribution in [3.8, 4) is 0 Å². The second-order valence-electron chi connectivity index (χ2n) is 4.18. The molecule has 0 saturated heterocycles. The van der Waals surface area contributed by atoms with Crippen LogP contribution in [0.3, 0.4) is 0 Å². The number of carbonyl (C=O) groups excluding carboxylic acids is 2. The van der Waals surface area contributed by atoms with Gasteiger partial charge in [-0.15, -0.1) is 0 Å². The van der Waals surface area contributed by atoms with E-state index in [1.165, 1.54) is 6.07 Å². The van der Waals surface area contributed by atoms with Gasteiger partial charge in [-0.1, -0.05) is 6.58 Å². The van der Waals surface area contributed by atoms with Crippen LogP contribution in [0.15, 0.2) is 30.4 Å². The number of aryl methyl sites for hydroxylation is 1. The van der Waals surface area contributed by atoms with Crippen molar-refractivity contribution in [2.24, 2.45) is 0 Å². The number of ether oxygens (including phenoxy) is 2. The lowest BCUT2D eigenvalue weighted by Crippen LogP contribution is -2.14. The van der Waals surface area contributed by atoms with Crippen LogP contribution in [0.25, 0.3) is 0 Å². The zero-order valence-corrected chi connectivity index (χ0v) is 11.1. The molecule has 0 aliphatic carbocycles. The van der Waals surface area contributed by atoms with Gasteiger partial charge in [0.25, 0.3) is 0 Å². The molecule has 0 heterocycles. The Morgan fingerprint density at radius 2 is 1.84 bits per heavy atom. The number of rotatable bonds is 5. The number of esters is 2. The summed E-state index contributed by atoms with van der Waals surface area (Å²) >= 11 is 0. The number of nitrogens with two attached hydrogens (primary N) is 1.